The average Bonchev–Trinajstić information content (AvgIpc) is 2.97. The molecule has 0 unspecified atom stereocenters. The van der Waals surface area contributed by atoms with Crippen molar-refractivity contribution < 1.29 is 0 Å². The van der Waals surface area contributed by atoms with Gasteiger partial charge in [0.2, 0.25) is 0 Å². The molecule has 0 saturated carbocycles. The molecule has 0 fully saturated rings. The van der Waals surface area contributed by atoms with Crippen LogP contribution in [-0.2, 0) is 13.0 Å². The van der Waals surface area contributed by atoms with Crippen LogP contribution in [0.4, 0.5) is 0 Å². The van der Waals surface area contributed by atoms with Gasteiger partial charge >= 0.3 is 0 Å². The summed E-state index contributed by atoms with van der Waals surface area (Å²) in [5.41, 5.74) is 3.75. The van der Waals surface area contributed by atoms with E-state index in [4.69, 9.17) is 0 Å². The second-order valence-electron chi connectivity index (χ2n) is 4.59. The first kappa shape index (κ1) is 11.5. The summed E-state index contributed by atoms with van der Waals surface area (Å²) in [6, 6.07) is 8.76. The Morgan fingerprint density at radius 2 is 2.17 bits per heavy atom. The average molecular weight is 256 g/mol. The van der Waals surface area contributed by atoms with Gasteiger partial charge in [-0.3, -0.25) is 0 Å². The molecule has 0 bridgehead atoms. The van der Waals surface area contributed by atoms with Crippen molar-refractivity contribution in [1.29, 1.82) is 0 Å². The maximum atomic E-state index is 4.63. The highest BCUT2D eigenvalue weighted by Gasteiger charge is 2.04. The Morgan fingerprint density at radius 3 is 2.94 bits per heavy atom. The molecule has 0 radical (unpaired) electrons. The Bertz CT molecular complexity index is 679. The molecule has 0 atom stereocenters. The summed E-state index contributed by atoms with van der Waals surface area (Å²) in [5, 5.41) is 4.69. The molecule has 0 aliphatic carbocycles. The first-order valence-corrected chi connectivity index (χ1v) is 7.13. The lowest BCUT2D eigenvalue weighted by Crippen LogP contribution is -1.98. The number of benzene rings is 1. The Morgan fingerprint density at radius 1 is 1.28 bits per heavy atom. The maximum Gasteiger partial charge on any atom is 0.0926 e. The van der Waals surface area contributed by atoms with Gasteiger partial charge in [0.05, 0.1) is 17.2 Å². The van der Waals surface area contributed by atoms with Gasteiger partial charge in [-0.2, -0.15) is 0 Å². The summed E-state index contributed by atoms with van der Waals surface area (Å²) in [5.74, 6) is 0. The van der Waals surface area contributed by atoms with Crippen LogP contribution >= 0.6 is 11.3 Å². The summed E-state index contributed by atoms with van der Waals surface area (Å²) in [6.07, 6.45) is 3.17. The van der Waals surface area contributed by atoms with E-state index in [0.29, 0.717) is 0 Å². The van der Waals surface area contributed by atoms with Crippen LogP contribution in [0.2, 0.25) is 0 Å². The molecule has 0 amide bonds. The molecule has 2 nitrogen and oxygen atoms in total. The van der Waals surface area contributed by atoms with Crippen LogP contribution in [0.1, 0.15) is 23.2 Å². The third-order valence-corrected chi connectivity index (χ3v) is 4.20. The molecule has 1 aromatic carbocycles. The molecular formula is C15H16N2S. The molecular weight excluding hydrogens is 240 g/mol. The minimum atomic E-state index is 0.864. The predicted octanol–water partition coefficient (Wildman–Crippen LogP) is 4.02. The van der Waals surface area contributed by atoms with Crippen molar-refractivity contribution in [3.05, 3.63) is 52.1 Å². The molecule has 92 valence electrons. The van der Waals surface area contributed by atoms with E-state index in [0.717, 1.165) is 18.7 Å². The number of rotatable bonds is 3. The molecule has 3 aromatic rings. The zero-order chi connectivity index (χ0) is 12.5. The van der Waals surface area contributed by atoms with Crippen molar-refractivity contribution in [2.24, 2.45) is 0 Å². The molecule has 3 heteroatoms. The van der Waals surface area contributed by atoms with Crippen LogP contribution in [0, 0.1) is 6.92 Å². The molecule has 0 saturated heterocycles. The van der Waals surface area contributed by atoms with E-state index in [1.807, 2.05) is 0 Å². The Balaban J connectivity index is 1.95. The van der Waals surface area contributed by atoms with Crippen LogP contribution in [0.3, 0.4) is 0 Å². The monoisotopic (exact) mass is 256 g/mol. The minimum absolute atomic E-state index is 0.864. The first-order chi connectivity index (χ1) is 8.76. The van der Waals surface area contributed by atoms with Crippen molar-refractivity contribution in [2.75, 3.05) is 0 Å². The van der Waals surface area contributed by atoms with Crippen molar-refractivity contribution >= 4 is 22.2 Å². The van der Waals surface area contributed by atoms with Crippen LogP contribution in [0.5, 0.6) is 0 Å². The van der Waals surface area contributed by atoms with E-state index >= 15 is 0 Å². The van der Waals surface area contributed by atoms with Gasteiger partial charge in [0.15, 0.2) is 0 Å². The van der Waals surface area contributed by atoms with Crippen molar-refractivity contribution in [2.45, 2.75) is 26.8 Å². The summed E-state index contributed by atoms with van der Waals surface area (Å²) in [7, 11) is 0. The van der Waals surface area contributed by atoms with E-state index in [1.165, 1.54) is 21.5 Å². The predicted molar refractivity (Wildman–Crippen MR) is 77.3 cm³/mol. The normalized spacial score (nSPS) is 11.2. The van der Waals surface area contributed by atoms with Gasteiger partial charge in [0.25, 0.3) is 0 Å². The standard InChI is InChI=1S/C15H16N2S/c1-3-15-16-13(10-18-15)9-17-7-6-12-8-11(2)4-5-14(12)17/h4-8,10H,3,9H2,1-2H3. The van der Waals surface area contributed by atoms with Gasteiger partial charge in [-0.15, -0.1) is 11.3 Å². The smallest absolute Gasteiger partial charge is 0.0926 e. The van der Waals surface area contributed by atoms with Crippen molar-refractivity contribution in [1.82, 2.24) is 9.55 Å². The second-order valence-corrected chi connectivity index (χ2v) is 5.53. The molecule has 0 spiro atoms. The van der Waals surface area contributed by atoms with Gasteiger partial charge in [-0.05, 0) is 36.9 Å². The summed E-state index contributed by atoms with van der Waals surface area (Å²) in [6.45, 7) is 5.14. The van der Waals surface area contributed by atoms with Gasteiger partial charge < -0.3 is 4.57 Å². The molecule has 0 aliphatic heterocycles. The van der Waals surface area contributed by atoms with Gasteiger partial charge in [-0.1, -0.05) is 18.6 Å². The summed E-state index contributed by atoms with van der Waals surface area (Å²) >= 11 is 1.75. The largest absolute Gasteiger partial charge is 0.341 e. The van der Waals surface area contributed by atoms with Gasteiger partial charge in [0.1, 0.15) is 0 Å². The quantitative estimate of drug-likeness (QED) is 0.692. The Kier molecular flexibility index (Phi) is 2.92. The van der Waals surface area contributed by atoms with E-state index in [2.05, 4.69) is 59.2 Å². The highest BCUT2D eigenvalue weighted by Crippen LogP contribution is 2.19. The van der Waals surface area contributed by atoms with Crippen LogP contribution in [0.15, 0.2) is 35.8 Å². The fourth-order valence-electron chi connectivity index (χ4n) is 2.22. The first-order valence-electron chi connectivity index (χ1n) is 6.25. The Labute approximate surface area is 111 Å². The van der Waals surface area contributed by atoms with E-state index < -0.39 is 0 Å². The second kappa shape index (κ2) is 4.58. The minimum Gasteiger partial charge on any atom is -0.341 e. The number of nitrogens with zero attached hydrogens (tertiary/aromatic N) is 2. The van der Waals surface area contributed by atoms with E-state index in [1.54, 1.807) is 11.3 Å². The van der Waals surface area contributed by atoms with Crippen LogP contribution < -0.4 is 0 Å². The maximum absolute atomic E-state index is 4.63. The number of aryl methyl sites for hydroxylation is 2. The van der Waals surface area contributed by atoms with E-state index in [-0.39, 0.29) is 0 Å². The van der Waals surface area contributed by atoms with Gasteiger partial charge in [-0.25, -0.2) is 4.98 Å². The lowest BCUT2D eigenvalue weighted by atomic mass is 10.2. The topological polar surface area (TPSA) is 17.8 Å². The third kappa shape index (κ3) is 2.06. The summed E-state index contributed by atoms with van der Waals surface area (Å²) in [4.78, 5) is 4.63. The number of aromatic nitrogens is 2. The van der Waals surface area contributed by atoms with Crippen LogP contribution in [-0.4, -0.2) is 9.55 Å². The molecule has 18 heavy (non-hydrogen) atoms. The number of thiazole rings is 1. The molecule has 3 rings (SSSR count). The number of hydrogen-bond donors (Lipinski definition) is 0. The third-order valence-electron chi connectivity index (χ3n) is 3.16. The molecule has 0 aliphatic rings. The Hall–Kier alpha value is -1.61. The van der Waals surface area contributed by atoms with Gasteiger partial charge in [0, 0.05) is 17.1 Å². The molecule has 2 aromatic heterocycles. The number of fused-ring (bicyclic) bond motifs is 1. The lowest BCUT2D eigenvalue weighted by molar-refractivity contribution is 0.808. The molecule has 0 N–H and O–H groups in total. The van der Waals surface area contributed by atoms with Crippen molar-refractivity contribution in [3.8, 4) is 0 Å². The van der Waals surface area contributed by atoms with Crippen LogP contribution in [0.25, 0.3) is 10.9 Å². The zero-order valence-electron chi connectivity index (χ0n) is 10.7. The fourth-order valence-corrected chi connectivity index (χ4v) is 2.95. The number of hydrogen-bond acceptors (Lipinski definition) is 2. The summed E-state index contributed by atoms with van der Waals surface area (Å²) < 4.78 is 2.27. The molecule has 2 heterocycles. The SMILES string of the molecule is CCc1nc(Cn2ccc3cc(C)ccc32)cs1. The zero-order valence-corrected chi connectivity index (χ0v) is 11.5. The fraction of sp³-hybridized carbons (Fsp3) is 0.267. The van der Waals surface area contributed by atoms with E-state index in [9.17, 15) is 0 Å². The lowest BCUT2D eigenvalue weighted by Gasteiger charge is -2.03. The highest BCUT2D eigenvalue weighted by molar-refractivity contribution is 7.09. The highest BCUT2D eigenvalue weighted by atomic mass is 32.1. The van der Waals surface area contributed by atoms with Crippen molar-refractivity contribution in [3.63, 3.8) is 0 Å².